The van der Waals surface area contributed by atoms with Gasteiger partial charge in [0.25, 0.3) is 0 Å². The number of anilines is 3. The maximum Gasteiger partial charge on any atom is 0.0541 e. The third kappa shape index (κ3) is 7.48. The Morgan fingerprint density at radius 2 is 0.951 bits per heavy atom. The molecule has 0 bridgehead atoms. The van der Waals surface area contributed by atoms with Crippen molar-refractivity contribution in [1.29, 1.82) is 0 Å². The van der Waals surface area contributed by atoms with Gasteiger partial charge in [0, 0.05) is 33.5 Å². The molecule has 9 aromatic carbocycles. The van der Waals surface area contributed by atoms with Crippen molar-refractivity contribution in [2.45, 2.75) is 6.92 Å². The lowest BCUT2D eigenvalue weighted by molar-refractivity contribution is 1.24. The van der Waals surface area contributed by atoms with E-state index in [1.165, 1.54) is 54.8 Å². The molecule has 0 spiro atoms. The molecule has 2 heteroatoms. The van der Waals surface area contributed by atoms with Crippen molar-refractivity contribution in [1.82, 2.24) is 4.57 Å². The highest BCUT2D eigenvalue weighted by molar-refractivity contribution is 6.10. The Morgan fingerprint density at radius 1 is 0.426 bits per heavy atom. The van der Waals surface area contributed by atoms with Gasteiger partial charge in [0.2, 0.25) is 0 Å². The largest absolute Gasteiger partial charge is 0.310 e. The lowest BCUT2D eigenvalue weighted by Gasteiger charge is -2.27. The molecule has 1 heterocycles. The summed E-state index contributed by atoms with van der Waals surface area (Å²) in [6.07, 6.45) is 10.9. The molecular weight excluding hydrogens is 737 g/mol. The van der Waals surface area contributed by atoms with Crippen molar-refractivity contribution in [3.8, 4) is 33.4 Å². The van der Waals surface area contributed by atoms with E-state index in [1.807, 2.05) is 0 Å². The summed E-state index contributed by atoms with van der Waals surface area (Å²) in [6, 6.07) is 78.7. The van der Waals surface area contributed by atoms with E-state index in [-0.39, 0.29) is 0 Å². The molecule has 0 saturated carbocycles. The van der Waals surface area contributed by atoms with Gasteiger partial charge in [0.15, 0.2) is 0 Å². The molecule has 0 saturated heterocycles. The number of nitrogens with zero attached hydrogens (tertiary/aromatic N) is 2. The second-order valence-corrected chi connectivity index (χ2v) is 15.3. The summed E-state index contributed by atoms with van der Waals surface area (Å²) in [7, 11) is 0. The van der Waals surface area contributed by atoms with E-state index >= 15 is 0 Å². The molecule has 0 N–H and O–H groups in total. The van der Waals surface area contributed by atoms with E-state index in [9.17, 15) is 0 Å². The Hall–Kier alpha value is -7.94. The number of benzene rings is 9. The van der Waals surface area contributed by atoms with E-state index in [1.54, 1.807) is 0 Å². The molecule has 10 rings (SSSR count). The fraction of sp³-hybridized carbons (Fsp3) is 0.0169. The number of para-hydroxylation sites is 2. The standard InChI is InChI=1S/C59H44N2/c1-2-3-23-50(61-58-28-14-12-25-56(58)57-26-13-15-29-59(57)61)35-30-43-40-49(45-19-8-5-9-20-45)42-53(41-43)60(51-36-31-46(32-37-51)44-17-6-4-7-18-44)52-38-33-48(34-39-52)55-27-16-22-47-21-10-11-24-54(47)55/h2-42H,1H3/b3-2-,35-30+,50-23+. The lowest BCUT2D eigenvalue weighted by atomic mass is 9.97. The van der Waals surface area contributed by atoms with Gasteiger partial charge in [-0.15, -0.1) is 0 Å². The third-order valence-corrected chi connectivity index (χ3v) is 11.5. The zero-order chi connectivity index (χ0) is 41.0. The Bertz CT molecular complexity index is 3160. The summed E-state index contributed by atoms with van der Waals surface area (Å²) in [5, 5.41) is 4.98. The molecule has 0 aliphatic rings. The van der Waals surface area contributed by atoms with Gasteiger partial charge in [-0.2, -0.15) is 0 Å². The van der Waals surface area contributed by atoms with E-state index in [0.29, 0.717) is 0 Å². The maximum absolute atomic E-state index is 2.38. The molecule has 0 atom stereocenters. The van der Waals surface area contributed by atoms with Crippen molar-refractivity contribution in [2.24, 2.45) is 0 Å². The molecule has 0 amide bonds. The quantitative estimate of drug-likeness (QED) is 0.126. The smallest absolute Gasteiger partial charge is 0.0541 e. The Labute approximate surface area is 357 Å². The molecule has 0 fully saturated rings. The van der Waals surface area contributed by atoms with Crippen molar-refractivity contribution in [2.75, 3.05) is 4.90 Å². The van der Waals surface area contributed by atoms with Crippen LogP contribution >= 0.6 is 0 Å². The fourth-order valence-electron chi connectivity index (χ4n) is 8.59. The van der Waals surface area contributed by atoms with Crippen LogP contribution in [-0.2, 0) is 0 Å². The minimum atomic E-state index is 1.07. The minimum Gasteiger partial charge on any atom is -0.310 e. The second-order valence-electron chi connectivity index (χ2n) is 15.3. The third-order valence-electron chi connectivity index (χ3n) is 11.5. The van der Waals surface area contributed by atoms with Crippen LogP contribution in [0.4, 0.5) is 17.1 Å². The molecule has 2 nitrogen and oxygen atoms in total. The SMILES string of the molecule is C\C=C/C=C(\C=C\c1cc(-c2ccccc2)cc(N(c2ccc(-c3ccccc3)cc2)c2ccc(-c3cccc4ccccc34)cc2)c1)n1c2ccccc2c2ccccc21. The molecule has 0 radical (unpaired) electrons. The molecule has 61 heavy (non-hydrogen) atoms. The Kier molecular flexibility index (Phi) is 10.2. The van der Waals surface area contributed by atoms with Gasteiger partial charge in [0.05, 0.1) is 11.0 Å². The number of hydrogen-bond donors (Lipinski definition) is 0. The van der Waals surface area contributed by atoms with Crippen LogP contribution in [0.25, 0.3) is 77.7 Å². The van der Waals surface area contributed by atoms with Gasteiger partial charge in [0.1, 0.15) is 0 Å². The van der Waals surface area contributed by atoms with E-state index in [4.69, 9.17) is 0 Å². The number of hydrogen-bond acceptors (Lipinski definition) is 1. The Morgan fingerprint density at radius 3 is 1.59 bits per heavy atom. The zero-order valence-corrected chi connectivity index (χ0v) is 34.1. The lowest BCUT2D eigenvalue weighted by Crippen LogP contribution is -2.10. The van der Waals surface area contributed by atoms with Crippen LogP contribution in [0.3, 0.4) is 0 Å². The number of allylic oxidation sites excluding steroid dienone is 5. The first-order chi connectivity index (χ1) is 30.2. The maximum atomic E-state index is 2.38. The first-order valence-electron chi connectivity index (χ1n) is 21.0. The molecule has 0 aliphatic carbocycles. The summed E-state index contributed by atoms with van der Waals surface area (Å²) in [6.45, 7) is 2.06. The van der Waals surface area contributed by atoms with E-state index in [2.05, 4.69) is 265 Å². The van der Waals surface area contributed by atoms with Crippen LogP contribution < -0.4 is 4.90 Å². The molecule has 0 unspecified atom stereocenters. The van der Waals surface area contributed by atoms with Crippen LogP contribution in [0.5, 0.6) is 0 Å². The van der Waals surface area contributed by atoms with Crippen molar-refractivity contribution >= 4 is 61.4 Å². The van der Waals surface area contributed by atoms with Crippen molar-refractivity contribution < 1.29 is 0 Å². The van der Waals surface area contributed by atoms with Gasteiger partial charge < -0.3 is 9.47 Å². The minimum absolute atomic E-state index is 1.07. The average molecular weight is 781 g/mol. The number of rotatable bonds is 10. The van der Waals surface area contributed by atoms with Crippen molar-refractivity contribution in [3.63, 3.8) is 0 Å². The topological polar surface area (TPSA) is 8.17 Å². The van der Waals surface area contributed by atoms with Gasteiger partial charge in [-0.25, -0.2) is 0 Å². The van der Waals surface area contributed by atoms with Gasteiger partial charge >= 0.3 is 0 Å². The van der Waals surface area contributed by atoms with Crippen LogP contribution in [0.2, 0.25) is 0 Å². The van der Waals surface area contributed by atoms with Crippen LogP contribution in [0.15, 0.2) is 243 Å². The van der Waals surface area contributed by atoms with Crippen LogP contribution in [0, 0.1) is 0 Å². The summed E-state index contributed by atoms with van der Waals surface area (Å²) in [4.78, 5) is 2.38. The molecular formula is C59H44N2. The van der Waals surface area contributed by atoms with Gasteiger partial charge in [-0.1, -0.05) is 182 Å². The monoisotopic (exact) mass is 780 g/mol. The molecule has 10 aromatic rings. The van der Waals surface area contributed by atoms with Gasteiger partial charge in [-0.3, -0.25) is 0 Å². The van der Waals surface area contributed by atoms with Gasteiger partial charge in [-0.05, 0) is 123 Å². The van der Waals surface area contributed by atoms with E-state index < -0.39 is 0 Å². The van der Waals surface area contributed by atoms with Crippen molar-refractivity contribution in [3.05, 3.63) is 248 Å². The van der Waals surface area contributed by atoms with E-state index in [0.717, 1.165) is 39.4 Å². The number of fused-ring (bicyclic) bond motifs is 4. The molecule has 1 aromatic heterocycles. The van der Waals surface area contributed by atoms with Crippen LogP contribution in [-0.4, -0.2) is 4.57 Å². The predicted molar refractivity (Wildman–Crippen MR) is 263 cm³/mol. The zero-order valence-electron chi connectivity index (χ0n) is 34.1. The second kappa shape index (κ2) is 16.7. The summed E-state index contributed by atoms with van der Waals surface area (Å²) < 4.78 is 2.38. The summed E-state index contributed by atoms with van der Waals surface area (Å²) in [5.41, 5.74) is 14.9. The molecule has 0 aliphatic heterocycles. The summed E-state index contributed by atoms with van der Waals surface area (Å²) >= 11 is 0. The molecule has 290 valence electrons. The summed E-state index contributed by atoms with van der Waals surface area (Å²) in [5.74, 6) is 0. The normalized spacial score (nSPS) is 12.0. The predicted octanol–water partition coefficient (Wildman–Crippen LogP) is 16.5. The Balaban J connectivity index is 1.13. The average Bonchev–Trinajstić information content (AvgIpc) is 3.67. The fourth-order valence-corrected chi connectivity index (χ4v) is 8.59. The highest BCUT2D eigenvalue weighted by atomic mass is 15.1. The number of aromatic nitrogens is 1. The highest BCUT2D eigenvalue weighted by Crippen LogP contribution is 2.40. The van der Waals surface area contributed by atoms with Crippen LogP contribution in [0.1, 0.15) is 12.5 Å². The first kappa shape index (κ1) is 37.3. The highest BCUT2D eigenvalue weighted by Gasteiger charge is 2.17. The first-order valence-corrected chi connectivity index (χ1v) is 21.0.